The van der Waals surface area contributed by atoms with E-state index in [-0.39, 0.29) is 22.9 Å². The Balaban J connectivity index is 1.55. The van der Waals surface area contributed by atoms with Crippen molar-refractivity contribution in [2.24, 2.45) is 0 Å². The summed E-state index contributed by atoms with van der Waals surface area (Å²) in [5, 5.41) is 2.83. The van der Waals surface area contributed by atoms with Crippen LogP contribution in [-0.4, -0.2) is 49.5 Å². The molecule has 0 aromatic heterocycles. The van der Waals surface area contributed by atoms with Gasteiger partial charge in [0, 0.05) is 23.1 Å². The Bertz CT molecular complexity index is 1220. The van der Waals surface area contributed by atoms with Crippen LogP contribution in [0.25, 0.3) is 6.08 Å². The van der Waals surface area contributed by atoms with E-state index < -0.39 is 33.1 Å². The molecule has 0 spiro atoms. The molecule has 1 heterocycles. The first-order valence-corrected chi connectivity index (χ1v) is 12.7. The molecule has 3 rings (SSSR count). The van der Waals surface area contributed by atoms with E-state index in [9.17, 15) is 22.8 Å². The highest BCUT2D eigenvalue weighted by Crippen LogP contribution is 2.33. The minimum atomic E-state index is -3.87. The van der Waals surface area contributed by atoms with E-state index in [0.717, 1.165) is 16.7 Å². The normalized spacial score (nSPS) is 16.3. The molecule has 1 aliphatic heterocycles. The van der Waals surface area contributed by atoms with Gasteiger partial charge in [0.15, 0.2) is 0 Å². The Labute approximate surface area is 205 Å². The Morgan fingerprint density at radius 1 is 1.15 bits per heavy atom. The maximum Gasteiger partial charge on any atom is 0.293 e. The average Bonchev–Trinajstić information content (AvgIpc) is 3.03. The molecule has 8 nitrogen and oxygen atoms in total. The van der Waals surface area contributed by atoms with Gasteiger partial charge in [0.05, 0.1) is 15.8 Å². The minimum Gasteiger partial charge on any atom is -0.353 e. The number of benzene rings is 2. The van der Waals surface area contributed by atoms with Gasteiger partial charge in [0.1, 0.15) is 0 Å². The number of halogens is 2. The van der Waals surface area contributed by atoms with Crippen LogP contribution in [0.5, 0.6) is 0 Å². The van der Waals surface area contributed by atoms with Gasteiger partial charge in [0.25, 0.3) is 11.1 Å². The molecule has 1 aliphatic rings. The topological polar surface area (TPSA) is 113 Å². The first-order valence-electron chi connectivity index (χ1n) is 9.64. The van der Waals surface area contributed by atoms with Gasteiger partial charge in [-0.15, -0.1) is 0 Å². The number of nitrogens with zero attached hydrogens (tertiary/aromatic N) is 1. The molecule has 0 aliphatic carbocycles. The zero-order valence-electron chi connectivity index (χ0n) is 17.2. The van der Waals surface area contributed by atoms with E-state index in [4.69, 9.17) is 23.2 Å². The maximum absolute atomic E-state index is 12.6. The molecule has 0 radical (unpaired) electrons. The third kappa shape index (κ3) is 6.36. The van der Waals surface area contributed by atoms with Crippen molar-refractivity contribution < 1.29 is 22.8 Å². The van der Waals surface area contributed by atoms with Crippen molar-refractivity contribution in [1.29, 1.82) is 0 Å². The Morgan fingerprint density at radius 3 is 2.52 bits per heavy atom. The molecule has 1 atom stereocenters. The largest absolute Gasteiger partial charge is 0.353 e. The van der Waals surface area contributed by atoms with E-state index in [2.05, 4.69) is 10.0 Å². The summed E-state index contributed by atoms with van der Waals surface area (Å²) in [7, 11) is -3.87. The van der Waals surface area contributed by atoms with Crippen LogP contribution in [0.3, 0.4) is 0 Å². The van der Waals surface area contributed by atoms with Gasteiger partial charge in [0.2, 0.25) is 15.9 Å². The Morgan fingerprint density at radius 2 is 1.85 bits per heavy atom. The lowest BCUT2D eigenvalue weighted by Gasteiger charge is -2.16. The third-order valence-corrected chi connectivity index (χ3v) is 7.56. The van der Waals surface area contributed by atoms with Crippen molar-refractivity contribution in [3.05, 3.63) is 69.0 Å². The highest BCUT2D eigenvalue weighted by atomic mass is 35.5. The molecular weight excluding hydrogens is 509 g/mol. The molecule has 2 aromatic rings. The smallest absolute Gasteiger partial charge is 0.293 e. The van der Waals surface area contributed by atoms with Crippen molar-refractivity contribution in [2.45, 2.75) is 17.9 Å². The molecule has 12 heteroatoms. The van der Waals surface area contributed by atoms with Crippen LogP contribution in [0.1, 0.15) is 12.5 Å². The summed E-state index contributed by atoms with van der Waals surface area (Å²) < 4.78 is 27.0. The molecule has 3 amide bonds. The summed E-state index contributed by atoms with van der Waals surface area (Å²) in [5.41, 5.74) is 0.541. The summed E-state index contributed by atoms with van der Waals surface area (Å²) in [6, 6.07) is 11.4. The summed E-state index contributed by atoms with van der Waals surface area (Å²) in [6.45, 7) is 1.29. The number of imide groups is 1. The zero-order valence-corrected chi connectivity index (χ0v) is 20.4. The molecule has 33 heavy (non-hydrogen) atoms. The minimum absolute atomic E-state index is 0.0371. The fourth-order valence-electron chi connectivity index (χ4n) is 2.85. The van der Waals surface area contributed by atoms with Crippen LogP contribution >= 0.6 is 35.0 Å². The maximum atomic E-state index is 12.6. The highest BCUT2D eigenvalue weighted by molar-refractivity contribution is 8.18. The SMILES string of the molecule is C[C@@H](NS(=O)(=O)c1ccccc1)C(=O)NCCN1C(=O)S/C(=C\c2ccc(Cl)cc2Cl)C1=O. The van der Waals surface area contributed by atoms with Crippen LogP contribution < -0.4 is 10.0 Å². The lowest BCUT2D eigenvalue weighted by molar-refractivity contribution is -0.124. The Hall–Kier alpha value is -2.37. The molecule has 0 bridgehead atoms. The number of hydrogen-bond acceptors (Lipinski definition) is 6. The molecular formula is C21H19Cl2N3O5S2. The van der Waals surface area contributed by atoms with Crippen molar-refractivity contribution in [3.63, 3.8) is 0 Å². The second-order valence-corrected chi connectivity index (χ2v) is 10.5. The van der Waals surface area contributed by atoms with Gasteiger partial charge < -0.3 is 5.32 Å². The first kappa shape index (κ1) is 25.3. The van der Waals surface area contributed by atoms with Crippen molar-refractivity contribution in [2.75, 3.05) is 13.1 Å². The number of amides is 3. The van der Waals surface area contributed by atoms with Gasteiger partial charge in [-0.3, -0.25) is 19.3 Å². The summed E-state index contributed by atoms with van der Waals surface area (Å²) >= 11 is 12.7. The van der Waals surface area contributed by atoms with Crippen LogP contribution in [-0.2, 0) is 19.6 Å². The molecule has 1 fully saturated rings. The molecule has 2 aromatic carbocycles. The van der Waals surface area contributed by atoms with Crippen molar-refractivity contribution >= 4 is 68.1 Å². The zero-order chi connectivity index (χ0) is 24.2. The van der Waals surface area contributed by atoms with E-state index >= 15 is 0 Å². The van der Waals surface area contributed by atoms with E-state index in [1.165, 1.54) is 31.2 Å². The molecule has 174 valence electrons. The van der Waals surface area contributed by atoms with Crippen LogP contribution in [0.4, 0.5) is 4.79 Å². The second kappa shape index (κ2) is 10.7. The van der Waals surface area contributed by atoms with Gasteiger partial charge in [-0.05, 0) is 54.6 Å². The fraction of sp³-hybridized carbons (Fsp3) is 0.190. The van der Waals surface area contributed by atoms with Gasteiger partial charge in [-0.2, -0.15) is 4.72 Å². The van der Waals surface area contributed by atoms with E-state index in [1.807, 2.05) is 0 Å². The quantitative estimate of drug-likeness (QED) is 0.508. The summed E-state index contributed by atoms with van der Waals surface area (Å²) in [5.74, 6) is -1.10. The highest BCUT2D eigenvalue weighted by Gasteiger charge is 2.35. The average molecular weight is 528 g/mol. The summed E-state index contributed by atoms with van der Waals surface area (Å²) in [6.07, 6.45) is 1.50. The number of carbonyl (C=O) groups excluding carboxylic acids is 3. The van der Waals surface area contributed by atoms with E-state index in [0.29, 0.717) is 15.6 Å². The predicted octanol–water partition coefficient (Wildman–Crippen LogP) is 3.51. The van der Waals surface area contributed by atoms with Crippen LogP contribution in [0, 0.1) is 0 Å². The number of thioether (sulfide) groups is 1. The summed E-state index contributed by atoms with van der Waals surface area (Å²) in [4.78, 5) is 38.4. The number of rotatable bonds is 8. The molecule has 0 saturated carbocycles. The number of carbonyl (C=O) groups is 3. The lowest BCUT2D eigenvalue weighted by Crippen LogP contribution is -2.46. The van der Waals surface area contributed by atoms with Crippen molar-refractivity contribution in [3.8, 4) is 0 Å². The molecule has 0 unspecified atom stereocenters. The lowest BCUT2D eigenvalue weighted by atomic mass is 10.2. The molecule has 2 N–H and O–H groups in total. The predicted molar refractivity (Wildman–Crippen MR) is 128 cm³/mol. The van der Waals surface area contributed by atoms with Gasteiger partial charge >= 0.3 is 0 Å². The van der Waals surface area contributed by atoms with Gasteiger partial charge in [-0.25, -0.2) is 8.42 Å². The van der Waals surface area contributed by atoms with Crippen LogP contribution in [0.15, 0.2) is 58.3 Å². The Kier molecular flexibility index (Phi) is 8.19. The van der Waals surface area contributed by atoms with E-state index in [1.54, 1.807) is 30.3 Å². The molecule has 1 saturated heterocycles. The monoisotopic (exact) mass is 527 g/mol. The number of sulfonamides is 1. The number of nitrogens with one attached hydrogen (secondary N) is 2. The third-order valence-electron chi connectivity index (χ3n) is 4.54. The fourth-order valence-corrected chi connectivity index (χ4v) is 5.39. The van der Waals surface area contributed by atoms with Crippen molar-refractivity contribution in [1.82, 2.24) is 14.9 Å². The van der Waals surface area contributed by atoms with Gasteiger partial charge in [-0.1, -0.05) is 47.5 Å². The number of hydrogen-bond donors (Lipinski definition) is 2. The standard InChI is InChI=1S/C21H19Cl2N3O5S2/c1-13(25-33(30,31)16-5-3-2-4-6-16)19(27)24-9-10-26-20(28)18(32-21(26)29)11-14-7-8-15(22)12-17(14)23/h2-8,11-13,25H,9-10H2,1H3,(H,24,27)/b18-11-/t13-/m1/s1. The second-order valence-electron chi connectivity index (χ2n) is 6.95. The first-order chi connectivity index (χ1) is 15.6. The van der Waals surface area contributed by atoms with Crippen LogP contribution in [0.2, 0.25) is 10.0 Å².